The Morgan fingerprint density at radius 2 is 1.93 bits per heavy atom. The first-order valence-electron chi connectivity index (χ1n) is 7.93. The van der Waals surface area contributed by atoms with Crippen LogP contribution in [-0.2, 0) is 10.0 Å². The van der Waals surface area contributed by atoms with Gasteiger partial charge in [0.1, 0.15) is 0 Å². The lowest BCUT2D eigenvalue weighted by molar-refractivity contribution is -0.274. The number of nitrogens with zero attached hydrogens (tertiary/aromatic N) is 2. The van der Waals surface area contributed by atoms with Gasteiger partial charge in [-0.05, 0) is 30.3 Å². The summed E-state index contributed by atoms with van der Waals surface area (Å²) < 4.78 is 66.1. The predicted molar refractivity (Wildman–Crippen MR) is 103 cm³/mol. The predicted octanol–water partition coefficient (Wildman–Crippen LogP) is 4.13. The maximum atomic E-state index is 12.7. The van der Waals surface area contributed by atoms with Crippen LogP contribution in [0.25, 0.3) is 21.0 Å². The van der Waals surface area contributed by atoms with Crippen molar-refractivity contribution >= 4 is 53.2 Å². The Morgan fingerprint density at radius 1 is 1.14 bits per heavy atom. The van der Waals surface area contributed by atoms with Gasteiger partial charge in [0, 0.05) is 23.2 Å². The van der Waals surface area contributed by atoms with Gasteiger partial charge in [-0.15, -0.1) is 13.2 Å². The monoisotopic (exact) mass is 440 g/mol. The fraction of sp³-hybridized carbons (Fsp3) is 0.0588. The number of anilines is 2. The lowest BCUT2D eigenvalue weighted by Crippen LogP contribution is -2.18. The Balaban J connectivity index is 1.80. The first-order chi connectivity index (χ1) is 13.6. The molecule has 29 heavy (non-hydrogen) atoms. The minimum atomic E-state index is -4.96. The Labute approximate surface area is 166 Å². The van der Waals surface area contributed by atoms with Crippen molar-refractivity contribution in [1.82, 2.24) is 9.97 Å². The van der Waals surface area contributed by atoms with E-state index in [9.17, 15) is 21.6 Å². The molecule has 0 aliphatic rings. The van der Waals surface area contributed by atoms with Crippen molar-refractivity contribution in [3.8, 4) is 5.75 Å². The van der Waals surface area contributed by atoms with Crippen LogP contribution in [0.5, 0.6) is 5.75 Å². The van der Waals surface area contributed by atoms with E-state index >= 15 is 0 Å². The summed E-state index contributed by atoms with van der Waals surface area (Å²) in [7, 11) is -4.13. The summed E-state index contributed by atoms with van der Waals surface area (Å²) in [6, 6.07) is 8.22. The molecular weight excluding hydrogens is 429 g/mol. The molecular formula is C17H11F3N4O3S2. The van der Waals surface area contributed by atoms with E-state index in [1.54, 1.807) is 18.5 Å². The molecule has 0 amide bonds. The van der Waals surface area contributed by atoms with E-state index in [1.165, 1.54) is 11.3 Å². The van der Waals surface area contributed by atoms with Gasteiger partial charge < -0.3 is 10.1 Å². The summed E-state index contributed by atoms with van der Waals surface area (Å²) in [4.78, 5) is 8.10. The third-order valence-electron chi connectivity index (χ3n) is 3.92. The quantitative estimate of drug-likeness (QED) is 0.494. The summed E-state index contributed by atoms with van der Waals surface area (Å²) in [5.41, 5.74) is 0.400. The lowest BCUT2D eigenvalue weighted by Gasteiger charge is -2.14. The number of aromatic nitrogens is 2. The molecule has 2 aromatic heterocycles. The van der Waals surface area contributed by atoms with E-state index in [0.717, 1.165) is 33.7 Å². The number of hydrogen-bond acceptors (Lipinski definition) is 7. The average Bonchev–Trinajstić information content (AvgIpc) is 3.04. The summed E-state index contributed by atoms with van der Waals surface area (Å²) in [6.45, 7) is 0. The van der Waals surface area contributed by atoms with Crippen molar-refractivity contribution < 1.29 is 26.3 Å². The maximum absolute atomic E-state index is 12.7. The number of hydrogen-bond donors (Lipinski definition) is 2. The van der Waals surface area contributed by atoms with Gasteiger partial charge in [0.2, 0.25) is 10.0 Å². The highest BCUT2D eigenvalue weighted by Gasteiger charge is 2.32. The minimum Gasteiger partial charge on any atom is -0.404 e. The van der Waals surface area contributed by atoms with Crippen molar-refractivity contribution in [2.24, 2.45) is 5.14 Å². The van der Waals surface area contributed by atoms with Crippen LogP contribution >= 0.6 is 11.3 Å². The topological polar surface area (TPSA) is 107 Å². The van der Waals surface area contributed by atoms with E-state index in [1.807, 2.05) is 12.1 Å². The highest BCUT2D eigenvalue weighted by Crippen LogP contribution is 2.37. The smallest absolute Gasteiger partial charge is 0.404 e. The second-order valence-corrected chi connectivity index (χ2v) is 8.50. The molecule has 0 radical (unpaired) electrons. The number of benzene rings is 2. The van der Waals surface area contributed by atoms with Crippen molar-refractivity contribution in [3.05, 3.63) is 48.8 Å². The summed E-state index contributed by atoms with van der Waals surface area (Å²) in [6.07, 6.45) is -1.68. The minimum absolute atomic E-state index is 0.237. The zero-order valence-corrected chi connectivity index (χ0v) is 15.9. The highest BCUT2D eigenvalue weighted by molar-refractivity contribution is 7.89. The van der Waals surface area contributed by atoms with Gasteiger partial charge in [-0.25, -0.2) is 18.5 Å². The molecule has 0 saturated heterocycles. The summed E-state index contributed by atoms with van der Waals surface area (Å²) in [5.74, 6) is -0.613. The second kappa shape index (κ2) is 6.83. The number of pyridine rings is 1. The molecule has 7 nitrogen and oxygen atoms in total. The number of fused-ring (bicyclic) bond motifs is 3. The zero-order chi connectivity index (χ0) is 20.8. The first-order valence-corrected chi connectivity index (χ1v) is 10.3. The van der Waals surface area contributed by atoms with Crippen LogP contribution in [0.1, 0.15) is 0 Å². The van der Waals surface area contributed by atoms with E-state index in [2.05, 4.69) is 20.0 Å². The van der Waals surface area contributed by atoms with Crippen molar-refractivity contribution in [2.75, 3.05) is 5.32 Å². The van der Waals surface area contributed by atoms with Gasteiger partial charge in [0.15, 0.2) is 10.9 Å². The third kappa shape index (κ3) is 4.09. The van der Waals surface area contributed by atoms with Crippen molar-refractivity contribution in [1.29, 1.82) is 0 Å². The van der Waals surface area contributed by atoms with Gasteiger partial charge in [-0.2, -0.15) is 0 Å². The van der Waals surface area contributed by atoms with Gasteiger partial charge >= 0.3 is 6.36 Å². The Morgan fingerprint density at radius 3 is 2.66 bits per heavy atom. The fourth-order valence-electron chi connectivity index (χ4n) is 2.72. The number of sulfonamides is 1. The molecule has 0 fully saturated rings. The standard InChI is InChI=1S/C17H11F3N4O3S2/c18-17(19,20)27-13-3-2-10(29(21,25)26)7-12(13)23-16-24-15-11-5-6-22-8-9(11)1-4-14(15)28-16/h1-8H,(H,23,24)(H2,21,25,26). The van der Waals surface area contributed by atoms with Crippen molar-refractivity contribution in [3.63, 3.8) is 0 Å². The number of thiazole rings is 1. The number of nitrogens with two attached hydrogens (primary N) is 1. The molecule has 150 valence electrons. The van der Waals surface area contributed by atoms with Crippen LogP contribution in [0, 0.1) is 0 Å². The summed E-state index contributed by atoms with van der Waals surface area (Å²) in [5, 5.41) is 9.73. The Bertz CT molecular complexity index is 1340. The SMILES string of the molecule is NS(=O)(=O)c1ccc(OC(F)(F)F)c(Nc2nc3c(ccc4cnccc43)s2)c1. The molecule has 2 heterocycles. The molecule has 0 saturated carbocycles. The maximum Gasteiger partial charge on any atom is 0.573 e. The molecule has 0 spiro atoms. The van der Waals surface area contributed by atoms with Crippen LogP contribution < -0.4 is 15.2 Å². The van der Waals surface area contributed by atoms with Crippen LogP contribution in [-0.4, -0.2) is 24.7 Å². The van der Waals surface area contributed by atoms with Gasteiger partial charge in [0.05, 0.1) is 20.8 Å². The van der Waals surface area contributed by atoms with Crippen LogP contribution in [0.4, 0.5) is 24.0 Å². The highest BCUT2D eigenvalue weighted by atomic mass is 32.2. The number of halogens is 3. The molecule has 2 aromatic carbocycles. The normalized spacial score (nSPS) is 12.4. The molecule has 0 aliphatic carbocycles. The van der Waals surface area contributed by atoms with Gasteiger partial charge in [-0.3, -0.25) is 4.98 Å². The van der Waals surface area contributed by atoms with E-state index in [-0.39, 0.29) is 15.7 Å². The van der Waals surface area contributed by atoms with Crippen LogP contribution in [0.2, 0.25) is 0 Å². The number of ether oxygens (including phenoxy) is 1. The molecule has 0 unspecified atom stereocenters. The molecule has 3 N–H and O–H groups in total. The number of nitrogens with one attached hydrogen (secondary N) is 1. The van der Waals surface area contributed by atoms with Crippen molar-refractivity contribution in [2.45, 2.75) is 11.3 Å². The molecule has 12 heteroatoms. The van der Waals surface area contributed by atoms with E-state index in [4.69, 9.17) is 5.14 Å². The first kappa shape index (κ1) is 19.4. The Hall–Kier alpha value is -2.96. The van der Waals surface area contributed by atoms with Crippen LogP contribution in [0.15, 0.2) is 53.7 Å². The average molecular weight is 440 g/mol. The number of rotatable bonds is 4. The van der Waals surface area contributed by atoms with Crippen LogP contribution in [0.3, 0.4) is 0 Å². The molecule has 4 aromatic rings. The van der Waals surface area contributed by atoms with Gasteiger partial charge in [0.25, 0.3) is 0 Å². The van der Waals surface area contributed by atoms with Gasteiger partial charge in [-0.1, -0.05) is 17.4 Å². The second-order valence-electron chi connectivity index (χ2n) is 5.90. The number of alkyl halides is 3. The zero-order valence-electron chi connectivity index (χ0n) is 14.3. The Kier molecular flexibility index (Phi) is 4.56. The summed E-state index contributed by atoms with van der Waals surface area (Å²) >= 11 is 1.19. The number of primary sulfonamides is 1. The van der Waals surface area contributed by atoms with E-state index < -0.39 is 22.1 Å². The molecule has 0 bridgehead atoms. The molecule has 0 atom stereocenters. The largest absolute Gasteiger partial charge is 0.573 e. The molecule has 0 aliphatic heterocycles. The lowest BCUT2D eigenvalue weighted by atomic mass is 10.1. The van der Waals surface area contributed by atoms with E-state index in [0.29, 0.717) is 5.52 Å². The fourth-order valence-corrected chi connectivity index (χ4v) is 4.16. The third-order valence-corrected chi connectivity index (χ3v) is 5.77. The molecule has 4 rings (SSSR count).